The lowest BCUT2D eigenvalue weighted by Gasteiger charge is -2.15. The SMILES string of the molecule is CCOc1cc(/C=C/C(=O)NN)cc(Br)c1OCc1ccc(Cl)cc1Cl. The Morgan fingerprint density at radius 1 is 1.27 bits per heavy atom. The number of carbonyl (C=O) groups is 1. The van der Waals surface area contributed by atoms with Crippen molar-refractivity contribution in [3.8, 4) is 11.5 Å². The van der Waals surface area contributed by atoms with Gasteiger partial charge < -0.3 is 9.47 Å². The molecule has 1 amide bonds. The monoisotopic (exact) mass is 458 g/mol. The van der Waals surface area contributed by atoms with Gasteiger partial charge in [-0.15, -0.1) is 0 Å². The van der Waals surface area contributed by atoms with E-state index in [4.69, 9.17) is 38.5 Å². The molecule has 0 unspecified atom stereocenters. The Kier molecular flexibility index (Phi) is 7.78. The number of benzene rings is 2. The van der Waals surface area contributed by atoms with E-state index in [0.717, 1.165) is 11.1 Å². The molecule has 2 aromatic carbocycles. The molecule has 0 aliphatic carbocycles. The van der Waals surface area contributed by atoms with E-state index in [1.165, 1.54) is 6.08 Å². The molecule has 0 spiro atoms. The fourth-order valence-electron chi connectivity index (χ4n) is 2.10. The second kappa shape index (κ2) is 9.83. The average Bonchev–Trinajstić information content (AvgIpc) is 2.60. The van der Waals surface area contributed by atoms with Gasteiger partial charge in [0.05, 0.1) is 11.1 Å². The average molecular weight is 460 g/mol. The first-order valence-electron chi connectivity index (χ1n) is 7.66. The third-order valence-electron chi connectivity index (χ3n) is 3.29. The molecule has 0 radical (unpaired) electrons. The summed E-state index contributed by atoms with van der Waals surface area (Å²) in [6.45, 7) is 2.58. The van der Waals surface area contributed by atoms with Crippen LogP contribution < -0.4 is 20.7 Å². The van der Waals surface area contributed by atoms with E-state index in [-0.39, 0.29) is 6.61 Å². The lowest BCUT2D eigenvalue weighted by Crippen LogP contribution is -2.27. The standard InChI is InChI=1S/C18H17BrCl2N2O3/c1-2-25-16-8-11(3-6-17(24)23-22)7-14(19)18(16)26-10-12-4-5-13(20)9-15(12)21/h3-9H,2,10,22H2,1H3,(H,23,24)/b6-3+. The zero-order valence-corrected chi connectivity index (χ0v) is 17.0. The van der Waals surface area contributed by atoms with Crippen LogP contribution in [0.3, 0.4) is 0 Å². The van der Waals surface area contributed by atoms with E-state index < -0.39 is 5.91 Å². The molecule has 8 heteroatoms. The van der Waals surface area contributed by atoms with Gasteiger partial charge in [0.25, 0.3) is 5.91 Å². The van der Waals surface area contributed by atoms with E-state index in [0.29, 0.717) is 32.6 Å². The molecule has 5 nitrogen and oxygen atoms in total. The summed E-state index contributed by atoms with van der Waals surface area (Å²) in [5.41, 5.74) is 3.58. The predicted octanol–water partition coefficient (Wildman–Crippen LogP) is 4.74. The first-order valence-corrected chi connectivity index (χ1v) is 9.21. The van der Waals surface area contributed by atoms with E-state index in [1.54, 1.807) is 24.3 Å². The van der Waals surface area contributed by atoms with Gasteiger partial charge in [0.15, 0.2) is 11.5 Å². The van der Waals surface area contributed by atoms with Crippen LogP contribution in [-0.4, -0.2) is 12.5 Å². The summed E-state index contributed by atoms with van der Waals surface area (Å²) in [4.78, 5) is 11.3. The number of hydrogen-bond acceptors (Lipinski definition) is 4. The zero-order valence-electron chi connectivity index (χ0n) is 13.9. The number of carbonyl (C=O) groups excluding carboxylic acids is 1. The van der Waals surface area contributed by atoms with Crippen LogP contribution in [0.2, 0.25) is 10.0 Å². The Morgan fingerprint density at radius 3 is 2.69 bits per heavy atom. The lowest BCUT2D eigenvalue weighted by atomic mass is 10.2. The highest BCUT2D eigenvalue weighted by Gasteiger charge is 2.13. The summed E-state index contributed by atoms with van der Waals surface area (Å²) >= 11 is 15.6. The van der Waals surface area contributed by atoms with Crippen molar-refractivity contribution in [2.75, 3.05) is 6.61 Å². The molecule has 0 bridgehead atoms. The highest BCUT2D eigenvalue weighted by Crippen LogP contribution is 2.38. The van der Waals surface area contributed by atoms with E-state index in [1.807, 2.05) is 24.5 Å². The molecule has 2 rings (SSSR count). The van der Waals surface area contributed by atoms with Crippen molar-refractivity contribution in [1.29, 1.82) is 0 Å². The lowest BCUT2D eigenvalue weighted by molar-refractivity contribution is -0.116. The topological polar surface area (TPSA) is 73.6 Å². The van der Waals surface area contributed by atoms with Gasteiger partial charge in [-0.1, -0.05) is 29.3 Å². The Hall–Kier alpha value is -1.73. The number of rotatable bonds is 7. The van der Waals surface area contributed by atoms with Gasteiger partial charge in [-0.3, -0.25) is 10.2 Å². The molecule has 0 saturated heterocycles. The number of nitrogens with two attached hydrogens (primary N) is 1. The largest absolute Gasteiger partial charge is 0.490 e. The molecule has 0 fully saturated rings. The molecular formula is C18H17BrCl2N2O3. The minimum atomic E-state index is -0.406. The van der Waals surface area contributed by atoms with Gasteiger partial charge in [-0.25, -0.2) is 5.84 Å². The number of nitrogens with one attached hydrogen (secondary N) is 1. The number of ether oxygens (including phenoxy) is 2. The van der Waals surface area contributed by atoms with Crippen LogP contribution in [0.5, 0.6) is 11.5 Å². The van der Waals surface area contributed by atoms with Gasteiger partial charge in [0.2, 0.25) is 0 Å². The molecule has 0 saturated carbocycles. The quantitative estimate of drug-likeness (QED) is 0.271. The molecule has 0 aliphatic rings. The molecule has 0 atom stereocenters. The molecule has 0 aliphatic heterocycles. The van der Waals surface area contributed by atoms with Crippen molar-refractivity contribution >= 4 is 51.1 Å². The maximum Gasteiger partial charge on any atom is 0.257 e. The zero-order chi connectivity index (χ0) is 19.1. The maximum absolute atomic E-state index is 11.3. The molecule has 26 heavy (non-hydrogen) atoms. The first-order chi connectivity index (χ1) is 12.4. The smallest absolute Gasteiger partial charge is 0.257 e. The number of hydrazine groups is 1. The Bertz CT molecular complexity index is 828. The highest BCUT2D eigenvalue weighted by molar-refractivity contribution is 9.10. The van der Waals surface area contributed by atoms with Crippen LogP contribution in [-0.2, 0) is 11.4 Å². The van der Waals surface area contributed by atoms with Crippen molar-refractivity contribution in [2.45, 2.75) is 13.5 Å². The third-order valence-corrected chi connectivity index (χ3v) is 4.46. The summed E-state index contributed by atoms with van der Waals surface area (Å²) in [5.74, 6) is 5.74. The fourth-order valence-corrected chi connectivity index (χ4v) is 3.13. The van der Waals surface area contributed by atoms with Gasteiger partial charge in [-0.2, -0.15) is 0 Å². The van der Waals surface area contributed by atoms with Crippen LogP contribution in [0, 0.1) is 0 Å². The van der Waals surface area contributed by atoms with Crippen molar-refractivity contribution in [1.82, 2.24) is 5.43 Å². The second-order valence-electron chi connectivity index (χ2n) is 5.13. The molecule has 0 aromatic heterocycles. The van der Waals surface area contributed by atoms with Gasteiger partial charge in [0, 0.05) is 21.7 Å². The van der Waals surface area contributed by atoms with Crippen LogP contribution in [0.15, 0.2) is 40.9 Å². The number of hydrogen-bond donors (Lipinski definition) is 2. The molecule has 3 N–H and O–H groups in total. The minimum absolute atomic E-state index is 0.249. The minimum Gasteiger partial charge on any atom is -0.490 e. The molecule has 0 heterocycles. The Balaban J connectivity index is 2.26. The van der Waals surface area contributed by atoms with Gasteiger partial charge >= 0.3 is 0 Å². The van der Waals surface area contributed by atoms with Crippen molar-refractivity contribution < 1.29 is 14.3 Å². The van der Waals surface area contributed by atoms with Crippen LogP contribution in [0.25, 0.3) is 6.08 Å². The normalized spacial score (nSPS) is 10.8. The summed E-state index contributed by atoms with van der Waals surface area (Å²) in [7, 11) is 0. The number of halogens is 3. The summed E-state index contributed by atoms with van der Waals surface area (Å²) in [6.07, 6.45) is 2.95. The van der Waals surface area contributed by atoms with Crippen molar-refractivity contribution in [2.24, 2.45) is 5.84 Å². The summed E-state index contributed by atoms with van der Waals surface area (Å²) in [5, 5.41) is 1.09. The van der Waals surface area contributed by atoms with Crippen LogP contribution >= 0.6 is 39.1 Å². The van der Waals surface area contributed by atoms with E-state index in [9.17, 15) is 4.79 Å². The highest BCUT2D eigenvalue weighted by atomic mass is 79.9. The third kappa shape index (κ3) is 5.64. The number of amides is 1. The summed E-state index contributed by atoms with van der Waals surface area (Å²) < 4.78 is 12.2. The Morgan fingerprint density at radius 2 is 2.04 bits per heavy atom. The van der Waals surface area contributed by atoms with Crippen molar-refractivity contribution in [3.63, 3.8) is 0 Å². The fraction of sp³-hybridized carbons (Fsp3) is 0.167. The first kappa shape index (κ1) is 20.6. The van der Waals surface area contributed by atoms with Gasteiger partial charge in [0.1, 0.15) is 6.61 Å². The van der Waals surface area contributed by atoms with Crippen LogP contribution in [0.4, 0.5) is 0 Å². The van der Waals surface area contributed by atoms with E-state index in [2.05, 4.69) is 15.9 Å². The van der Waals surface area contributed by atoms with Crippen LogP contribution in [0.1, 0.15) is 18.1 Å². The maximum atomic E-state index is 11.3. The molecule has 2 aromatic rings. The molecular weight excluding hydrogens is 443 g/mol. The van der Waals surface area contributed by atoms with E-state index >= 15 is 0 Å². The van der Waals surface area contributed by atoms with Crippen molar-refractivity contribution in [3.05, 3.63) is 62.1 Å². The predicted molar refractivity (Wildman–Crippen MR) is 107 cm³/mol. The second-order valence-corrected chi connectivity index (χ2v) is 6.83. The van der Waals surface area contributed by atoms with Gasteiger partial charge in [-0.05, 0) is 58.8 Å². The summed E-state index contributed by atoms with van der Waals surface area (Å²) in [6, 6.07) is 8.80. The molecule has 138 valence electrons. The Labute approximate surface area is 170 Å².